The Morgan fingerprint density at radius 3 is 2.33 bits per heavy atom. The van der Waals surface area contributed by atoms with Gasteiger partial charge in [0.05, 0.1) is 38.9 Å². The number of nitrogens with one attached hydrogen (secondary N) is 1. The molecule has 9 heteroatoms. The van der Waals surface area contributed by atoms with Crippen molar-refractivity contribution in [2.75, 3.05) is 26.2 Å². The summed E-state index contributed by atoms with van der Waals surface area (Å²) >= 11 is 0. The molecule has 0 radical (unpaired) electrons. The molecule has 9 nitrogen and oxygen atoms in total. The van der Waals surface area contributed by atoms with Crippen molar-refractivity contribution in [3.8, 4) is 11.5 Å². The molecule has 2 heterocycles. The minimum absolute atomic E-state index is 0.184. The summed E-state index contributed by atoms with van der Waals surface area (Å²) in [5.41, 5.74) is -0.0444. The number of carbonyl (C=O) groups is 4. The van der Waals surface area contributed by atoms with Crippen LogP contribution in [-0.2, 0) is 19.1 Å². The highest BCUT2D eigenvalue weighted by atomic mass is 16.5. The van der Waals surface area contributed by atoms with Crippen LogP contribution >= 0.6 is 0 Å². The van der Waals surface area contributed by atoms with Gasteiger partial charge in [-0.25, -0.2) is 4.90 Å². The van der Waals surface area contributed by atoms with Gasteiger partial charge in [-0.15, -0.1) is 0 Å². The lowest BCUT2D eigenvalue weighted by Crippen LogP contribution is -2.56. The fraction of sp³-hybridized carbons (Fsp3) is 0.407. The van der Waals surface area contributed by atoms with Crippen molar-refractivity contribution in [2.24, 2.45) is 11.8 Å². The molecule has 190 valence electrons. The van der Waals surface area contributed by atoms with Crippen molar-refractivity contribution in [1.29, 1.82) is 0 Å². The van der Waals surface area contributed by atoms with Crippen LogP contribution in [0.25, 0.3) is 0 Å². The van der Waals surface area contributed by atoms with Gasteiger partial charge in [-0.05, 0) is 43.2 Å². The van der Waals surface area contributed by atoms with E-state index < -0.39 is 41.2 Å². The molecule has 36 heavy (non-hydrogen) atoms. The number of nitrogens with zero attached hydrogens (tertiary/aromatic N) is 1. The zero-order valence-electron chi connectivity index (χ0n) is 21.0. The number of benzene rings is 2. The molecular weight excluding hydrogens is 464 g/mol. The quantitative estimate of drug-likeness (QED) is 0.339. The summed E-state index contributed by atoms with van der Waals surface area (Å²) in [6, 6.07) is 11.0. The number of hydrogen-bond donors (Lipinski definition) is 1. The third kappa shape index (κ3) is 3.83. The molecule has 0 aromatic heterocycles. The zero-order valence-corrected chi connectivity index (χ0v) is 21.0. The van der Waals surface area contributed by atoms with Gasteiger partial charge in [0.1, 0.15) is 5.54 Å². The topological polar surface area (TPSA) is 111 Å². The second kappa shape index (κ2) is 9.73. The molecule has 0 unspecified atom stereocenters. The summed E-state index contributed by atoms with van der Waals surface area (Å²) in [5, 5.41) is 3.33. The summed E-state index contributed by atoms with van der Waals surface area (Å²) in [5.74, 6) is -2.61. The van der Waals surface area contributed by atoms with Crippen LogP contribution in [0, 0.1) is 11.8 Å². The van der Waals surface area contributed by atoms with E-state index in [0.717, 1.165) is 4.90 Å². The smallest absolute Gasteiger partial charge is 0.326 e. The SMILES string of the molecule is CCC[C@]1(C(=O)OC)N[C@H](c2ccc(OC)c(OC)c2)[C@H]2C(=O)N(c3cccc(C(C)=O)c3)C(=O)[C@H]21. The summed E-state index contributed by atoms with van der Waals surface area (Å²) in [6.45, 7) is 3.32. The van der Waals surface area contributed by atoms with E-state index in [2.05, 4.69) is 5.32 Å². The predicted molar refractivity (Wildman–Crippen MR) is 131 cm³/mol. The number of ether oxygens (including phenoxy) is 3. The molecule has 0 aliphatic carbocycles. The highest BCUT2D eigenvalue weighted by Crippen LogP contribution is 2.52. The van der Waals surface area contributed by atoms with Crippen LogP contribution in [0.4, 0.5) is 5.69 Å². The van der Waals surface area contributed by atoms with Crippen LogP contribution in [0.15, 0.2) is 42.5 Å². The largest absolute Gasteiger partial charge is 0.493 e. The summed E-state index contributed by atoms with van der Waals surface area (Å²) in [7, 11) is 4.31. The number of esters is 1. The Labute approximate surface area is 209 Å². The van der Waals surface area contributed by atoms with Crippen molar-refractivity contribution in [2.45, 2.75) is 38.3 Å². The van der Waals surface area contributed by atoms with E-state index in [1.54, 1.807) is 36.4 Å². The van der Waals surface area contributed by atoms with Gasteiger partial charge >= 0.3 is 5.97 Å². The molecule has 2 saturated heterocycles. The third-order valence-electron chi connectivity index (χ3n) is 7.13. The molecule has 2 aliphatic heterocycles. The number of imide groups is 1. The van der Waals surface area contributed by atoms with Crippen LogP contribution in [0.3, 0.4) is 0 Å². The Morgan fingerprint density at radius 2 is 1.72 bits per heavy atom. The zero-order chi connectivity index (χ0) is 26.2. The lowest BCUT2D eigenvalue weighted by Gasteiger charge is -2.32. The minimum atomic E-state index is -1.40. The number of hydrogen-bond acceptors (Lipinski definition) is 8. The molecule has 0 saturated carbocycles. The molecular formula is C27H30N2O7. The van der Waals surface area contributed by atoms with Crippen molar-refractivity contribution < 1.29 is 33.4 Å². The number of amides is 2. The highest BCUT2D eigenvalue weighted by Gasteiger charge is 2.68. The first-order valence-corrected chi connectivity index (χ1v) is 11.8. The maximum atomic E-state index is 13.9. The van der Waals surface area contributed by atoms with Crippen LogP contribution in [0.2, 0.25) is 0 Å². The number of ketones is 1. The van der Waals surface area contributed by atoms with E-state index in [0.29, 0.717) is 41.2 Å². The van der Waals surface area contributed by atoms with Gasteiger partial charge in [-0.2, -0.15) is 0 Å². The number of Topliss-reactive ketones (excluding diaryl/α,β-unsaturated/α-hetero) is 1. The second-order valence-electron chi connectivity index (χ2n) is 9.07. The normalized spacial score (nSPS) is 25.0. The molecule has 2 fully saturated rings. The van der Waals surface area contributed by atoms with Crippen molar-refractivity contribution >= 4 is 29.3 Å². The van der Waals surface area contributed by atoms with E-state index >= 15 is 0 Å². The lowest BCUT2D eigenvalue weighted by atomic mass is 9.77. The second-order valence-corrected chi connectivity index (χ2v) is 9.07. The van der Waals surface area contributed by atoms with Crippen molar-refractivity contribution in [3.63, 3.8) is 0 Å². The van der Waals surface area contributed by atoms with Crippen LogP contribution in [0.5, 0.6) is 11.5 Å². The van der Waals surface area contributed by atoms with E-state index in [1.165, 1.54) is 34.3 Å². The maximum Gasteiger partial charge on any atom is 0.326 e. The third-order valence-corrected chi connectivity index (χ3v) is 7.13. The summed E-state index contributed by atoms with van der Waals surface area (Å²) < 4.78 is 16.0. The fourth-order valence-corrected chi connectivity index (χ4v) is 5.55. The van der Waals surface area contributed by atoms with Gasteiger partial charge in [-0.1, -0.05) is 31.5 Å². The summed E-state index contributed by atoms with van der Waals surface area (Å²) in [6.07, 6.45) is 0.871. The van der Waals surface area contributed by atoms with Gasteiger partial charge in [-0.3, -0.25) is 24.5 Å². The molecule has 1 N–H and O–H groups in total. The van der Waals surface area contributed by atoms with Gasteiger partial charge in [0, 0.05) is 11.6 Å². The number of rotatable bonds is 8. The van der Waals surface area contributed by atoms with E-state index in [4.69, 9.17) is 14.2 Å². The van der Waals surface area contributed by atoms with Gasteiger partial charge in [0.15, 0.2) is 17.3 Å². The molecule has 0 bridgehead atoms. The Balaban J connectivity index is 1.88. The van der Waals surface area contributed by atoms with E-state index in [1.807, 2.05) is 6.92 Å². The monoisotopic (exact) mass is 494 g/mol. The minimum Gasteiger partial charge on any atom is -0.493 e. The van der Waals surface area contributed by atoms with Crippen LogP contribution in [-0.4, -0.2) is 50.4 Å². The fourth-order valence-electron chi connectivity index (χ4n) is 5.55. The average molecular weight is 495 g/mol. The Morgan fingerprint density at radius 1 is 1.00 bits per heavy atom. The van der Waals surface area contributed by atoms with Gasteiger partial charge in [0.2, 0.25) is 11.8 Å². The first kappa shape index (κ1) is 25.4. The predicted octanol–water partition coefficient (Wildman–Crippen LogP) is 3.07. The Kier molecular flexibility index (Phi) is 6.86. The average Bonchev–Trinajstić information content (AvgIpc) is 3.37. The number of methoxy groups -OCH3 is 3. The standard InChI is InChI=1S/C27H30N2O7/c1-6-12-27(26(33)36-5)22-21(23(28-27)17-10-11-19(34-3)20(14-17)35-4)24(31)29(25(22)32)18-9-7-8-16(13-18)15(2)30/h7-11,13-14,21-23,28H,6,12H2,1-5H3/t21-,22-,23+,27-/m0/s1. The van der Waals surface area contributed by atoms with Gasteiger partial charge < -0.3 is 14.2 Å². The van der Waals surface area contributed by atoms with E-state index in [-0.39, 0.29) is 5.78 Å². The first-order chi connectivity index (χ1) is 17.2. The molecule has 2 aromatic carbocycles. The molecule has 2 aliphatic rings. The number of anilines is 1. The Hall–Kier alpha value is -3.72. The van der Waals surface area contributed by atoms with Crippen molar-refractivity contribution in [1.82, 2.24) is 5.32 Å². The van der Waals surface area contributed by atoms with Crippen molar-refractivity contribution in [3.05, 3.63) is 53.6 Å². The lowest BCUT2D eigenvalue weighted by molar-refractivity contribution is -0.152. The molecule has 4 rings (SSSR count). The maximum absolute atomic E-state index is 13.9. The van der Waals surface area contributed by atoms with E-state index in [9.17, 15) is 19.2 Å². The molecule has 0 spiro atoms. The molecule has 2 aromatic rings. The molecule has 4 atom stereocenters. The highest BCUT2D eigenvalue weighted by molar-refractivity contribution is 6.24. The van der Waals surface area contributed by atoms with Gasteiger partial charge in [0.25, 0.3) is 0 Å². The van der Waals surface area contributed by atoms with Crippen LogP contribution in [0.1, 0.15) is 48.7 Å². The Bertz CT molecular complexity index is 1230. The van der Waals surface area contributed by atoms with Crippen LogP contribution < -0.4 is 19.7 Å². The number of fused-ring (bicyclic) bond motifs is 1. The number of carbonyl (C=O) groups excluding carboxylic acids is 4. The molecule has 2 amide bonds. The first-order valence-electron chi connectivity index (χ1n) is 11.8. The summed E-state index contributed by atoms with van der Waals surface area (Å²) in [4.78, 5) is 54.1.